The van der Waals surface area contributed by atoms with Crippen molar-refractivity contribution in [3.05, 3.63) is 0 Å². The van der Waals surface area contributed by atoms with Gasteiger partial charge in [-0.2, -0.15) is 0 Å². The van der Waals surface area contributed by atoms with E-state index in [2.05, 4.69) is 0 Å². The lowest BCUT2D eigenvalue weighted by atomic mass is 9.88. The van der Waals surface area contributed by atoms with E-state index >= 15 is 0 Å². The van der Waals surface area contributed by atoms with Gasteiger partial charge in [0.05, 0.1) is 19.3 Å². The maximum atomic E-state index is 12.0. The summed E-state index contributed by atoms with van der Waals surface area (Å²) in [6.45, 7) is 7.24. The molecule has 104 valence electrons. The number of carbonyl (C=O) groups is 1. The van der Waals surface area contributed by atoms with Crippen LogP contribution in [0.1, 0.15) is 40.0 Å². The molecule has 0 aromatic rings. The molecule has 1 spiro atoms. The largest absolute Gasteiger partial charge is 0.444 e. The van der Waals surface area contributed by atoms with Gasteiger partial charge >= 0.3 is 6.09 Å². The Balaban J connectivity index is 2.01. The van der Waals surface area contributed by atoms with Gasteiger partial charge in [0.25, 0.3) is 0 Å². The Bertz CT molecular complexity index is 325. The summed E-state index contributed by atoms with van der Waals surface area (Å²) in [5.74, 6) is 0. The summed E-state index contributed by atoms with van der Waals surface area (Å²) in [4.78, 5) is 13.7. The van der Waals surface area contributed by atoms with Gasteiger partial charge in [0.2, 0.25) is 0 Å². The predicted molar refractivity (Wildman–Crippen MR) is 66.3 cm³/mol. The summed E-state index contributed by atoms with van der Waals surface area (Å²) in [5.41, 5.74) is -1.05. The van der Waals surface area contributed by atoms with Crippen LogP contribution in [0.2, 0.25) is 0 Å². The molecule has 5 nitrogen and oxygen atoms in total. The van der Waals surface area contributed by atoms with Crippen molar-refractivity contribution in [2.45, 2.75) is 57.3 Å². The smallest absolute Gasteiger partial charge is 0.410 e. The lowest BCUT2D eigenvalue weighted by Gasteiger charge is -2.41. The second-order valence-electron chi connectivity index (χ2n) is 6.22. The van der Waals surface area contributed by atoms with E-state index in [0.29, 0.717) is 26.1 Å². The number of aliphatic hydroxyl groups is 1. The van der Waals surface area contributed by atoms with Gasteiger partial charge in [-0.1, -0.05) is 0 Å². The minimum atomic E-state index is -0.560. The Morgan fingerprint density at radius 3 is 2.78 bits per heavy atom. The van der Waals surface area contributed by atoms with Crippen LogP contribution in [0.5, 0.6) is 0 Å². The van der Waals surface area contributed by atoms with E-state index in [1.807, 2.05) is 20.8 Å². The normalized spacial score (nSPS) is 32.9. The first-order valence-corrected chi connectivity index (χ1v) is 6.62. The van der Waals surface area contributed by atoms with Crippen LogP contribution in [0.3, 0.4) is 0 Å². The molecule has 2 rings (SSSR count). The molecule has 0 bridgehead atoms. The number of piperidine rings is 1. The van der Waals surface area contributed by atoms with Gasteiger partial charge in [-0.15, -0.1) is 0 Å². The average Bonchev–Trinajstić information content (AvgIpc) is 2.58. The minimum absolute atomic E-state index is 0.315. The summed E-state index contributed by atoms with van der Waals surface area (Å²) in [6, 6.07) is 0. The molecule has 0 aromatic heterocycles. The summed E-state index contributed by atoms with van der Waals surface area (Å²) >= 11 is 0. The quantitative estimate of drug-likeness (QED) is 0.715. The third-order valence-corrected chi connectivity index (χ3v) is 3.53. The first kappa shape index (κ1) is 13.6. The Kier molecular flexibility index (Phi) is 3.56. The molecule has 1 N–H and O–H groups in total. The molecular weight excluding hydrogens is 234 g/mol. The molecule has 2 fully saturated rings. The highest BCUT2D eigenvalue weighted by molar-refractivity contribution is 5.68. The van der Waals surface area contributed by atoms with Crippen LogP contribution in [0.4, 0.5) is 4.79 Å². The predicted octanol–water partition coefficient (Wildman–Crippen LogP) is 1.54. The van der Waals surface area contributed by atoms with E-state index in [0.717, 1.165) is 12.8 Å². The number of amides is 1. The number of hydrogen-bond donors (Lipinski definition) is 1. The third kappa shape index (κ3) is 2.78. The highest BCUT2D eigenvalue weighted by atomic mass is 16.6. The minimum Gasteiger partial charge on any atom is -0.444 e. The molecule has 2 aliphatic rings. The van der Waals surface area contributed by atoms with Gasteiger partial charge < -0.3 is 19.5 Å². The number of carbonyl (C=O) groups excluding carboxylic acids is 1. The zero-order valence-corrected chi connectivity index (χ0v) is 11.4. The summed E-state index contributed by atoms with van der Waals surface area (Å²) in [6.07, 6.45) is 1.53. The van der Waals surface area contributed by atoms with Crippen LogP contribution in [-0.4, -0.2) is 53.1 Å². The van der Waals surface area contributed by atoms with Crippen LogP contribution in [-0.2, 0) is 9.47 Å². The van der Waals surface area contributed by atoms with Gasteiger partial charge in [-0.3, -0.25) is 0 Å². The Morgan fingerprint density at radius 2 is 2.22 bits per heavy atom. The van der Waals surface area contributed by atoms with Gasteiger partial charge in [-0.05, 0) is 40.0 Å². The van der Waals surface area contributed by atoms with Crippen molar-refractivity contribution in [3.63, 3.8) is 0 Å². The molecule has 2 unspecified atom stereocenters. The Hall–Kier alpha value is -0.810. The van der Waals surface area contributed by atoms with Crippen molar-refractivity contribution in [3.8, 4) is 0 Å². The molecule has 2 saturated heterocycles. The van der Waals surface area contributed by atoms with E-state index < -0.39 is 17.3 Å². The van der Waals surface area contributed by atoms with E-state index in [-0.39, 0.29) is 6.09 Å². The number of aliphatic hydroxyl groups excluding tert-OH is 1. The number of rotatable bonds is 0. The lowest BCUT2D eigenvalue weighted by molar-refractivity contribution is -0.1000. The fraction of sp³-hybridized carbons (Fsp3) is 0.923. The molecule has 5 heteroatoms. The zero-order chi connectivity index (χ0) is 13.4. The zero-order valence-electron chi connectivity index (χ0n) is 11.4. The fourth-order valence-electron chi connectivity index (χ4n) is 2.66. The van der Waals surface area contributed by atoms with Crippen molar-refractivity contribution in [2.75, 3.05) is 19.7 Å². The van der Waals surface area contributed by atoms with Crippen LogP contribution >= 0.6 is 0 Å². The van der Waals surface area contributed by atoms with Crippen LogP contribution in [0.15, 0.2) is 0 Å². The second-order valence-corrected chi connectivity index (χ2v) is 6.22. The van der Waals surface area contributed by atoms with Crippen LogP contribution < -0.4 is 0 Å². The maximum Gasteiger partial charge on any atom is 0.410 e. The van der Waals surface area contributed by atoms with Crippen molar-refractivity contribution >= 4 is 6.09 Å². The lowest BCUT2D eigenvalue weighted by Crippen LogP contribution is -2.55. The van der Waals surface area contributed by atoms with Crippen molar-refractivity contribution in [2.24, 2.45) is 0 Å². The third-order valence-electron chi connectivity index (χ3n) is 3.53. The first-order valence-electron chi connectivity index (χ1n) is 6.62. The van der Waals surface area contributed by atoms with E-state index in [9.17, 15) is 9.90 Å². The fourth-order valence-corrected chi connectivity index (χ4v) is 2.66. The highest BCUT2D eigenvalue weighted by Gasteiger charge is 2.47. The molecule has 0 radical (unpaired) electrons. The molecule has 0 saturated carbocycles. The monoisotopic (exact) mass is 257 g/mol. The van der Waals surface area contributed by atoms with Gasteiger partial charge in [0.1, 0.15) is 11.2 Å². The summed E-state index contributed by atoms with van der Waals surface area (Å²) in [5, 5.41) is 10.0. The number of hydrogen-bond acceptors (Lipinski definition) is 4. The van der Waals surface area contributed by atoms with Crippen molar-refractivity contribution in [1.82, 2.24) is 4.90 Å². The molecule has 0 aliphatic carbocycles. The van der Waals surface area contributed by atoms with Crippen LogP contribution in [0.25, 0.3) is 0 Å². The molecule has 0 aromatic carbocycles. The van der Waals surface area contributed by atoms with Crippen molar-refractivity contribution in [1.29, 1.82) is 0 Å². The Morgan fingerprint density at radius 1 is 1.50 bits per heavy atom. The number of ether oxygens (including phenoxy) is 2. The highest BCUT2D eigenvalue weighted by Crippen LogP contribution is 2.35. The van der Waals surface area contributed by atoms with Crippen LogP contribution in [0, 0.1) is 0 Å². The molecule has 1 amide bonds. The number of likely N-dealkylation sites (tertiary alicyclic amines) is 1. The maximum absolute atomic E-state index is 12.0. The molecule has 2 aliphatic heterocycles. The SMILES string of the molecule is CC(C)(C)OC(=O)N1CCCC2(C1)OCCC2O. The molecule has 2 atom stereocenters. The van der Waals surface area contributed by atoms with Gasteiger partial charge in [-0.25, -0.2) is 4.79 Å². The summed E-state index contributed by atoms with van der Waals surface area (Å²) in [7, 11) is 0. The average molecular weight is 257 g/mol. The topological polar surface area (TPSA) is 59.0 Å². The Labute approximate surface area is 108 Å². The summed E-state index contributed by atoms with van der Waals surface area (Å²) < 4.78 is 11.1. The molecule has 18 heavy (non-hydrogen) atoms. The van der Waals surface area contributed by atoms with Gasteiger partial charge in [0, 0.05) is 6.54 Å². The van der Waals surface area contributed by atoms with Gasteiger partial charge in [0.15, 0.2) is 0 Å². The number of nitrogens with zero attached hydrogens (tertiary/aromatic N) is 1. The standard InChI is InChI=1S/C13H23NO4/c1-12(2,3)18-11(16)14-7-4-6-13(9-14)10(15)5-8-17-13/h10,15H,4-9H2,1-3H3. The molecular formula is C13H23NO4. The van der Waals surface area contributed by atoms with E-state index in [1.165, 1.54) is 0 Å². The second kappa shape index (κ2) is 4.70. The van der Waals surface area contributed by atoms with E-state index in [1.54, 1.807) is 4.90 Å². The first-order chi connectivity index (χ1) is 8.32. The van der Waals surface area contributed by atoms with E-state index in [4.69, 9.17) is 9.47 Å². The van der Waals surface area contributed by atoms with Crippen molar-refractivity contribution < 1.29 is 19.4 Å². The molecule has 2 heterocycles.